The first-order chi connectivity index (χ1) is 8.78. The number of benzene rings is 1. The molecule has 1 unspecified atom stereocenters. The fourth-order valence-corrected chi connectivity index (χ4v) is 1.58. The highest BCUT2D eigenvalue weighted by Gasteiger charge is 2.28. The van der Waals surface area contributed by atoms with Crippen LogP contribution in [0.5, 0.6) is 17.2 Å². The maximum atomic E-state index is 9.16. The molecule has 1 aromatic rings. The Morgan fingerprint density at radius 1 is 1.44 bits per heavy atom. The van der Waals surface area contributed by atoms with Crippen LogP contribution in [0.3, 0.4) is 0 Å². The minimum Gasteiger partial charge on any atom is -0.477 e. The van der Waals surface area contributed by atoms with Crippen molar-refractivity contribution in [2.75, 3.05) is 13.2 Å². The molecule has 1 N–H and O–H groups in total. The minimum absolute atomic E-state index is 0.115. The summed E-state index contributed by atoms with van der Waals surface area (Å²) in [6, 6.07) is 3.34. The zero-order chi connectivity index (χ0) is 13.0. The first-order valence-corrected chi connectivity index (χ1v) is 5.57. The van der Waals surface area contributed by atoms with Crippen LogP contribution in [-0.2, 0) is 11.3 Å². The van der Waals surface area contributed by atoms with Gasteiger partial charge in [-0.05, 0) is 24.6 Å². The van der Waals surface area contributed by atoms with Crippen molar-refractivity contribution >= 4 is 0 Å². The molecule has 0 bridgehead atoms. The second kappa shape index (κ2) is 5.63. The van der Waals surface area contributed by atoms with Crippen LogP contribution in [-0.4, -0.2) is 24.8 Å². The van der Waals surface area contributed by atoms with Crippen LogP contribution < -0.4 is 14.2 Å². The molecule has 0 saturated heterocycles. The van der Waals surface area contributed by atoms with Crippen LogP contribution in [0.2, 0.25) is 0 Å². The van der Waals surface area contributed by atoms with Crippen LogP contribution in [0.1, 0.15) is 12.5 Å². The van der Waals surface area contributed by atoms with E-state index >= 15 is 0 Å². The lowest BCUT2D eigenvalue weighted by Gasteiger charge is -2.09. The van der Waals surface area contributed by atoms with Gasteiger partial charge in [-0.3, -0.25) is 0 Å². The number of ether oxygens (including phenoxy) is 4. The van der Waals surface area contributed by atoms with Crippen molar-refractivity contribution in [3.8, 4) is 29.6 Å². The van der Waals surface area contributed by atoms with E-state index in [1.807, 2.05) is 6.92 Å². The average Bonchev–Trinajstić information content (AvgIpc) is 2.78. The van der Waals surface area contributed by atoms with Gasteiger partial charge in [-0.1, -0.05) is 5.92 Å². The van der Waals surface area contributed by atoms with Crippen LogP contribution in [0.15, 0.2) is 12.1 Å². The summed E-state index contributed by atoms with van der Waals surface area (Å²) in [5, 5.41) is 9.16. The van der Waals surface area contributed by atoms with Crippen molar-refractivity contribution in [2.45, 2.75) is 20.0 Å². The summed E-state index contributed by atoms with van der Waals surface area (Å²) in [7, 11) is 0. The monoisotopic (exact) mass is 250 g/mol. The number of hydrogen-bond donors (Lipinski definition) is 1. The van der Waals surface area contributed by atoms with Crippen LogP contribution in [0, 0.1) is 12.3 Å². The van der Waals surface area contributed by atoms with Crippen molar-refractivity contribution in [1.29, 1.82) is 0 Å². The maximum Gasteiger partial charge on any atom is 0.361 e. The molecule has 0 saturated carbocycles. The molecule has 0 spiro atoms. The first kappa shape index (κ1) is 12.6. The number of rotatable bonds is 5. The topological polar surface area (TPSA) is 57.2 Å². The minimum atomic E-state index is -0.785. The van der Waals surface area contributed by atoms with Gasteiger partial charge in [0.25, 0.3) is 0 Å². The van der Waals surface area contributed by atoms with E-state index in [1.165, 1.54) is 0 Å². The van der Waals surface area contributed by atoms with Gasteiger partial charge < -0.3 is 24.1 Å². The van der Waals surface area contributed by atoms with E-state index in [2.05, 4.69) is 5.92 Å². The van der Waals surface area contributed by atoms with E-state index < -0.39 is 6.48 Å². The Balaban J connectivity index is 2.26. The third kappa shape index (κ3) is 2.50. The summed E-state index contributed by atoms with van der Waals surface area (Å²) in [6.45, 7) is 1.51. The third-order valence-corrected chi connectivity index (χ3v) is 2.31. The van der Waals surface area contributed by atoms with Crippen LogP contribution in [0.4, 0.5) is 0 Å². The Morgan fingerprint density at radius 3 is 2.94 bits per heavy atom. The summed E-state index contributed by atoms with van der Waals surface area (Å²) < 4.78 is 21.5. The van der Waals surface area contributed by atoms with Gasteiger partial charge in [0, 0.05) is 0 Å². The molecule has 1 aliphatic rings. The van der Waals surface area contributed by atoms with Gasteiger partial charge in [0.1, 0.15) is 6.61 Å². The molecule has 0 radical (unpaired) electrons. The summed E-state index contributed by atoms with van der Waals surface area (Å²) in [4.78, 5) is 0. The normalized spacial score (nSPS) is 16.4. The number of aliphatic hydroxyl groups is 1. The largest absolute Gasteiger partial charge is 0.477 e. The molecule has 0 amide bonds. The lowest BCUT2D eigenvalue weighted by molar-refractivity contribution is -0.173. The maximum absolute atomic E-state index is 9.16. The lowest BCUT2D eigenvalue weighted by Crippen LogP contribution is -2.21. The molecular formula is C13H14O5. The molecule has 18 heavy (non-hydrogen) atoms. The highest BCUT2D eigenvalue weighted by Crippen LogP contribution is 2.44. The van der Waals surface area contributed by atoms with Crippen LogP contribution in [0.25, 0.3) is 0 Å². The highest BCUT2D eigenvalue weighted by molar-refractivity contribution is 5.55. The van der Waals surface area contributed by atoms with Gasteiger partial charge in [-0.15, -0.1) is 6.42 Å². The summed E-state index contributed by atoms with van der Waals surface area (Å²) >= 11 is 0. The molecule has 5 heteroatoms. The number of hydrogen-bond acceptors (Lipinski definition) is 5. The van der Waals surface area contributed by atoms with E-state index in [0.29, 0.717) is 29.4 Å². The zero-order valence-electron chi connectivity index (χ0n) is 10.0. The van der Waals surface area contributed by atoms with Crippen molar-refractivity contribution in [1.82, 2.24) is 0 Å². The quantitative estimate of drug-likeness (QED) is 0.798. The fraction of sp³-hybridized carbons (Fsp3) is 0.385. The molecule has 0 aromatic heterocycles. The molecule has 0 fully saturated rings. The molecule has 1 atom stereocenters. The van der Waals surface area contributed by atoms with Gasteiger partial charge >= 0.3 is 6.48 Å². The smallest absolute Gasteiger partial charge is 0.361 e. The Bertz CT molecular complexity index is 463. The Kier molecular flexibility index (Phi) is 3.92. The molecule has 96 valence electrons. The molecule has 1 heterocycles. The predicted octanol–water partition coefficient (Wildman–Crippen LogP) is 1.28. The van der Waals surface area contributed by atoms with Gasteiger partial charge in [0.2, 0.25) is 5.75 Å². The summed E-state index contributed by atoms with van der Waals surface area (Å²) in [5.74, 6) is 3.73. The molecular weight excluding hydrogens is 236 g/mol. The third-order valence-electron chi connectivity index (χ3n) is 2.31. The Morgan fingerprint density at radius 2 is 2.28 bits per heavy atom. The van der Waals surface area contributed by atoms with Crippen molar-refractivity contribution < 1.29 is 24.1 Å². The number of fused-ring (bicyclic) bond motifs is 1. The van der Waals surface area contributed by atoms with Crippen LogP contribution >= 0.6 is 0 Å². The molecule has 5 nitrogen and oxygen atoms in total. The SMILES string of the molecule is C#CCOc1cc(CO)cc2c1OC(OCC)O2. The van der Waals surface area contributed by atoms with Gasteiger partial charge in [-0.25, -0.2) is 0 Å². The number of aliphatic hydroxyl groups excluding tert-OH is 1. The lowest BCUT2D eigenvalue weighted by atomic mass is 10.2. The van der Waals surface area contributed by atoms with Crippen molar-refractivity contribution in [3.05, 3.63) is 17.7 Å². The van der Waals surface area contributed by atoms with E-state index in [0.717, 1.165) is 0 Å². The van der Waals surface area contributed by atoms with Gasteiger partial charge in [0.15, 0.2) is 11.5 Å². The summed E-state index contributed by atoms with van der Waals surface area (Å²) in [5.41, 5.74) is 0.654. The van der Waals surface area contributed by atoms with Gasteiger partial charge in [0.05, 0.1) is 13.2 Å². The molecule has 1 aliphatic heterocycles. The Hall–Kier alpha value is -1.90. The van der Waals surface area contributed by atoms with E-state index in [4.69, 9.17) is 30.5 Å². The zero-order valence-corrected chi connectivity index (χ0v) is 10.0. The molecule has 1 aromatic carbocycles. The second-order valence-electron chi connectivity index (χ2n) is 3.55. The highest BCUT2D eigenvalue weighted by atomic mass is 16.9. The van der Waals surface area contributed by atoms with E-state index in [-0.39, 0.29) is 13.2 Å². The second-order valence-corrected chi connectivity index (χ2v) is 3.55. The first-order valence-electron chi connectivity index (χ1n) is 5.57. The van der Waals surface area contributed by atoms with E-state index in [9.17, 15) is 0 Å². The summed E-state index contributed by atoms with van der Waals surface area (Å²) in [6.07, 6.45) is 5.15. The van der Waals surface area contributed by atoms with Gasteiger partial charge in [-0.2, -0.15) is 0 Å². The van der Waals surface area contributed by atoms with E-state index in [1.54, 1.807) is 12.1 Å². The fourth-order valence-electron chi connectivity index (χ4n) is 1.58. The number of terminal acetylenes is 1. The van der Waals surface area contributed by atoms with Crippen molar-refractivity contribution in [3.63, 3.8) is 0 Å². The predicted molar refractivity (Wildman–Crippen MR) is 63.4 cm³/mol. The van der Waals surface area contributed by atoms with Crippen molar-refractivity contribution in [2.24, 2.45) is 0 Å². The Labute approximate surface area is 105 Å². The standard InChI is InChI=1S/C13H14O5/c1-3-5-16-10-6-9(8-14)7-11-12(10)18-13(17-11)15-4-2/h1,6-7,13-14H,4-5,8H2,2H3. The molecule has 2 rings (SSSR count). The average molecular weight is 250 g/mol. The molecule has 0 aliphatic carbocycles.